The van der Waals surface area contributed by atoms with Crippen LogP contribution in [0.3, 0.4) is 0 Å². The fraction of sp³-hybridized carbons (Fsp3) is 0.310. The van der Waals surface area contributed by atoms with Crippen LogP contribution in [0.4, 0.5) is 5.69 Å². The molecular weight excluding hydrogens is 557 g/mol. The summed E-state index contributed by atoms with van der Waals surface area (Å²) in [5.74, 6) is -0.877. The second kappa shape index (κ2) is 13.8. The van der Waals surface area contributed by atoms with Crippen molar-refractivity contribution in [2.75, 3.05) is 17.4 Å². The van der Waals surface area contributed by atoms with Crippen molar-refractivity contribution in [1.82, 2.24) is 10.2 Å². The summed E-state index contributed by atoms with van der Waals surface area (Å²) in [5, 5.41) is 3.67. The van der Waals surface area contributed by atoms with Crippen LogP contribution in [0.1, 0.15) is 37.8 Å². The molecule has 3 aromatic carbocycles. The van der Waals surface area contributed by atoms with Gasteiger partial charge in [-0.25, -0.2) is 8.42 Å². The van der Waals surface area contributed by atoms with Crippen LogP contribution in [0, 0.1) is 6.92 Å². The summed E-state index contributed by atoms with van der Waals surface area (Å²) < 4.78 is 28.6. The van der Waals surface area contributed by atoms with Crippen LogP contribution in [-0.2, 0) is 26.2 Å². The van der Waals surface area contributed by atoms with Gasteiger partial charge in [0.1, 0.15) is 12.6 Å². The van der Waals surface area contributed by atoms with E-state index in [4.69, 9.17) is 23.2 Å². The van der Waals surface area contributed by atoms with E-state index in [0.29, 0.717) is 22.2 Å². The molecule has 1 atom stereocenters. The Morgan fingerprint density at radius 1 is 0.949 bits per heavy atom. The fourth-order valence-corrected chi connectivity index (χ4v) is 5.75. The highest BCUT2D eigenvalue weighted by atomic mass is 35.5. The smallest absolute Gasteiger partial charge is 0.264 e. The third-order valence-electron chi connectivity index (χ3n) is 6.22. The van der Waals surface area contributed by atoms with Crippen molar-refractivity contribution in [2.24, 2.45) is 0 Å². The van der Waals surface area contributed by atoms with Crippen LogP contribution >= 0.6 is 23.2 Å². The molecule has 0 aliphatic carbocycles. The summed E-state index contributed by atoms with van der Waals surface area (Å²) >= 11 is 12.4. The van der Waals surface area contributed by atoms with Crippen LogP contribution < -0.4 is 9.62 Å². The van der Waals surface area contributed by atoms with Gasteiger partial charge in [0.05, 0.1) is 10.6 Å². The minimum absolute atomic E-state index is 0.0348. The van der Waals surface area contributed by atoms with Crippen LogP contribution in [0.25, 0.3) is 0 Å². The quantitative estimate of drug-likeness (QED) is 0.269. The number of halogens is 2. The normalized spacial score (nSPS) is 12.0. The molecule has 0 fully saturated rings. The van der Waals surface area contributed by atoms with E-state index < -0.39 is 28.5 Å². The number of nitrogens with zero attached hydrogens (tertiary/aromatic N) is 2. The Hall–Kier alpha value is -3.07. The highest BCUT2D eigenvalue weighted by Crippen LogP contribution is 2.27. The average Bonchev–Trinajstić information content (AvgIpc) is 2.90. The number of benzene rings is 3. The molecule has 10 heteroatoms. The summed E-state index contributed by atoms with van der Waals surface area (Å²) in [5.41, 5.74) is 1.84. The maximum absolute atomic E-state index is 13.9. The summed E-state index contributed by atoms with van der Waals surface area (Å²) in [6.45, 7) is 5.51. The SMILES string of the molecule is CCCCNC(=O)[C@@H](C)N(Cc1cccc(Cl)c1)C(=O)CN(c1cccc(Cl)c1)S(=O)(=O)c1ccc(C)cc1. The van der Waals surface area contributed by atoms with Gasteiger partial charge in [-0.1, -0.05) is 72.4 Å². The van der Waals surface area contributed by atoms with Gasteiger partial charge in [0.25, 0.3) is 10.0 Å². The van der Waals surface area contributed by atoms with Gasteiger partial charge in [-0.15, -0.1) is 0 Å². The average molecular weight is 591 g/mol. The van der Waals surface area contributed by atoms with Crippen molar-refractivity contribution in [2.45, 2.75) is 51.1 Å². The number of amides is 2. The Bertz CT molecular complexity index is 1400. The third kappa shape index (κ3) is 8.21. The molecule has 0 bridgehead atoms. The molecule has 1 N–H and O–H groups in total. The zero-order valence-corrected chi connectivity index (χ0v) is 24.6. The van der Waals surface area contributed by atoms with Gasteiger partial charge in [0.15, 0.2) is 0 Å². The Labute approximate surface area is 240 Å². The minimum atomic E-state index is -4.15. The number of unbranched alkanes of at least 4 members (excludes halogenated alkanes) is 1. The van der Waals surface area contributed by atoms with Crippen LogP contribution in [0.2, 0.25) is 10.0 Å². The first kappa shape index (κ1) is 30.5. The number of aryl methyl sites for hydroxylation is 1. The predicted molar refractivity (Wildman–Crippen MR) is 157 cm³/mol. The molecule has 0 aliphatic rings. The van der Waals surface area contributed by atoms with Gasteiger partial charge in [0, 0.05) is 23.1 Å². The minimum Gasteiger partial charge on any atom is -0.354 e. The maximum atomic E-state index is 13.9. The van der Waals surface area contributed by atoms with E-state index in [9.17, 15) is 18.0 Å². The molecule has 0 radical (unpaired) electrons. The molecular formula is C29H33Cl2N3O4S. The molecule has 0 saturated heterocycles. The Kier molecular flexibility index (Phi) is 10.8. The fourth-order valence-electron chi connectivity index (χ4n) is 3.95. The van der Waals surface area contributed by atoms with Gasteiger partial charge in [-0.3, -0.25) is 13.9 Å². The van der Waals surface area contributed by atoms with Gasteiger partial charge < -0.3 is 10.2 Å². The van der Waals surface area contributed by atoms with Crippen molar-refractivity contribution in [3.63, 3.8) is 0 Å². The Balaban J connectivity index is 2.00. The zero-order valence-electron chi connectivity index (χ0n) is 22.2. The second-order valence-corrected chi connectivity index (χ2v) is 12.0. The molecule has 0 unspecified atom stereocenters. The standard InChI is InChI=1S/C29H33Cl2N3O4S/c1-4-5-16-32-29(36)22(3)33(19-23-8-6-9-24(30)17-23)28(35)20-34(26-11-7-10-25(31)18-26)39(37,38)27-14-12-21(2)13-15-27/h6-15,17-18,22H,4-5,16,19-20H2,1-3H3,(H,32,36)/t22-/m1/s1. The molecule has 0 spiro atoms. The summed E-state index contributed by atoms with van der Waals surface area (Å²) in [7, 11) is -4.15. The molecule has 0 saturated carbocycles. The highest BCUT2D eigenvalue weighted by molar-refractivity contribution is 7.92. The number of sulfonamides is 1. The summed E-state index contributed by atoms with van der Waals surface area (Å²) in [6.07, 6.45) is 1.71. The van der Waals surface area contributed by atoms with E-state index in [1.165, 1.54) is 23.1 Å². The van der Waals surface area contributed by atoms with Crippen molar-refractivity contribution in [3.8, 4) is 0 Å². The van der Waals surface area contributed by atoms with Gasteiger partial charge >= 0.3 is 0 Å². The third-order valence-corrected chi connectivity index (χ3v) is 8.48. The van der Waals surface area contributed by atoms with Crippen molar-refractivity contribution in [1.29, 1.82) is 0 Å². The summed E-state index contributed by atoms with van der Waals surface area (Å²) in [6, 6.07) is 18.8. The van der Waals surface area contributed by atoms with E-state index in [0.717, 1.165) is 22.7 Å². The first-order valence-corrected chi connectivity index (χ1v) is 14.9. The highest BCUT2D eigenvalue weighted by Gasteiger charge is 2.32. The number of hydrogen-bond acceptors (Lipinski definition) is 4. The molecule has 0 aliphatic heterocycles. The maximum Gasteiger partial charge on any atom is 0.264 e. The van der Waals surface area contributed by atoms with Crippen LogP contribution in [-0.4, -0.2) is 44.3 Å². The van der Waals surface area contributed by atoms with E-state index in [-0.39, 0.29) is 23.0 Å². The largest absolute Gasteiger partial charge is 0.354 e. The van der Waals surface area contributed by atoms with Crippen molar-refractivity contribution in [3.05, 3.63) is 94.0 Å². The second-order valence-electron chi connectivity index (χ2n) is 9.28. The van der Waals surface area contributed by atoms with Crippen molar-refractivity contribution >= 4 is 50.7 Å². The molecule has 3 aromatic rings. The first-order chi connectivity index (χ1) is 18.5. The molecule has 7 nitrogen and oxygen atoms in total. The van der Waals surface area contributed by atoms with E-state index in [1.807, 2.05) is 13.8 Å². The number of hydrogen-bond donors (Lipinski definition) is 1. The van der Waals surface area contributed by atoms with Crippen LogP contribution in [0.15, 0.2) is 77.7 Å². The monoisotopic (exact) mass is 589 g/mol. The lowest BCUT2D eigenvalue weighted by molar-refractivity contribution is -0.139. The Morgan fingerprint density at radius 2 is 1.59 bits per heavy atom. The molecule has 3 rings (SSSR count). The number of anilines is 1. The number of rotatable bonds is 12. The number of carbonyl (C=O) groups is 2. The molecule has 2 amide bonds. The molecule has 208 valence electrons. The van der Waals surface area contributed by atoms with E-state index in [2.05, 4.69) is 5.32 Å². The zero-order chi connectivity index (χ0) is 28.6. The lowest BCUT2D eigenvalue weighted by atomic mass is 10.1. The van der Waals surface area contributed by atoms with Crippen LogP contribution in [0.5, 0.6) is 0 Å². The Morgan fingerprint density at radius 3 is 2.21 bits per heavy atom. The van der Waals surface area contributed by atoms with Crippen molar-refractivity contribution < 1.29 is 18.0 Å². The van der Waals surface area contributed by atoms with Gasteiger partial charge in [-0.05, 0) is 68.3 Å². The van der Waals surface area contributed by atoms with E-state index in [1.54, 1.807) is 61.5 Å². The molecule has 0 aromatic heterocycles. The topological polar surface area (TPSA) is 86.8 Å². The van der Waals surface area contributed by atoms with Gasteiger partial charge in [-0.2, -0.15) is 0 Å². The lowest BCUT2D eigenvalue weighted by Crippen LogP contribution is -2.51. The number of nitrogens with one attached hydrogen (secondary N) is 1. The predicted octanol–water partition coefficient (Wildman–Crippen LogP) is 5.83. The molecule has 39 heavy (non-hydrogen) atoms. The first-order valence-electron chi connectivity index (χ1n) is 12.7. The van der Waals surface area contributed by atoms with E-state index >= 15 is 0 Å². The number of carbonyl (C=O) groups excluding carboxylic acids is 2. The summed E-state index contributed by atoms with van der Waals surface area (Å²) in [4.78, 5) is 28.3. The van der Waals surface area contributed by atoms with Gasteiger partial charge in [0.2, 0.25) is 11.8 Å². The molecule has 0 heterocycles. The lowest BCUT2D eigenvalue weighted by Gasteiger charge is -2.32.